The lowest BCUT2D eigenvalue weighted by atomic mass is 9.93. The fourth-order valence-electron chi connectivity index (χ4n) is 6.62. The molecule has 3 N–H and O–H groups in total. The number of nitrogens with one attached hydrogen (secondary N) is 3. The molecule has 0 atom stereocenters. The highest BCUT2D eigenvalue weighted by Crippen LogP contribution is 2.39. The van der Waals surface area contributed by atoms with E-state index in [2.05, 4.69) is 85.5 Å². The van der Waals surface area contributed by atoms with E-state index in [0.29, 0.717) is 19.6 Å². The summed E-state index contributed by atoms with van der Waals surface area (Å²) in [6.07, 6.45) is 13.2. The van der Waals surface area contributed by atoms with Crippen LogP contribution in [0, 0.1) is 0 Å². The van der Waals surface area contributed by atoms with Crippen molar-refractivity contribution in [1.82, 2.24) is 15.0 Å². The maximum Gasteiger partial charge on any atom is 0.142 e. The quantitative estimate of drug-likeness (QED) is 0.119. The number of fused-ring (bicyclic) bond motifs is 3. The van der Waals surface area contributed by atoms with Gasteiger partial charge in [-0.1, -0.05) is 18.2 Å². The van der Waals surface area contributed by atoms with Gasteiger partial charge in [-0.2, -0.15) is 0 Å². The van der Waals surface area contributed by atoms with Gasteiger partial charge >= 0.3 is 0 Å². The Hall–Kier alpha value is -6.09. The summed E-state index contributed by atoms with van der Waals surface area (Å²) in [5, 5.41) is 10.8. The molecule has 0 spiro atoms. The fourth-order valence-corrected chi connectivity index (χ4v) is 6.62. The van der Waals surface area contributed by atoms with Crippen LogP contribution in [0.3, 0.4) is 0 Å². The van der Waals surface area contributed by atoms with E-state index in [1.807, 2.05) is 36.8 Å². The summed E-state index contributed by atoms with van der Waals surface area (Å²) in [6, 6.07) is 25.3. The first-order valence-corrected chi connectivity index (χ1v) is 17.1. The summed E-state index contributed by atoms with van der Waals surface area (Å²) in [5.74, 6) is 2.40. The Morgan fingerprint density at radius 2 is 0.745 bits per heavy atom. The van der Waals surface area contributed by atoms with Gasteiger partial charge in [0.1, 0.15) is 17.2 Å². The first kappa shape index (κ1) is 33.4. The summed E-state index contributed by atoms with van der Waals surface area (Å²) >= 11 is 0. The van der Waals surface area contributed by atoms with Gasteiger partial charge in [0.2, 0.25) is 0 Å². The number of hydrogen-bond donors (Lipinski definition) is 3. The minimum Gasteiger partial charge on any atom is -0.495 e. The van der Waals surface area contributed by atoms with Crippen LogP contribution in [0.5, 0.6) is 17.2 Å². The Bertz CT molecular complexity index is 1850. The van der Waals surface area contributed by atoms with Crippen LogP contribution < -0.4 is 30.2 Å². The van der Waals surface area contributed by atoms with Gasteiger partial charge in [0, 0.05) is 56.8 Å². The van der Waals surface area contributed by atoms with Gasteiger partial charge in [0.05, 0.1) is 38.4 Å². The maximum absolute atomic E-state index is 5.97. The number of methoxy groups -OCH3 is 3. The Kier molecular flexibility index (Phi) is 10.2. The van der Waals surface area contributed by atoms with Crippen molar-refractivity contribution in [2.45, 2.75) is 38.9 Å². The molecule has 3 heterocycles. The van der Waals surface area contributed by atoms with Gasteiger partial charge in [-0.25, -0.2) is 0 Å². The van der Waals surface area contributed by atoms with Crippen LogP contribution in [0.2, 0.25) is 0 Å². The number of ether oxygens (including phenoxy) is 3. The van der Waals surface area contributed by atoms with Gasteiger partial charge in [0.25, 0.3) is 0 Å². The van der Waals surface area contributed by atoms with Crippen molar-refractivity contribution in [1.29, 1.82) is 0 Å². The number of nitrogens with zero attached hydrogens (tertiary/aromatic N) is 3. The van der Waals surface area contributed by atoms with Gasteiger partial charge < -0.3 is 30.2 Å². The van der Waals surface area contributed by atoms with E-state index in [4.69, 9.17) is 14.2 Å². The predicted molar refractivity (Wildman–Crippen MR) is 202 cm³/mol. The molecule has 9 nitrogen and oxygen atoms in total. The van der Waals surface area contributed by atoms with Crippen LogP contribution in [0.15, 0.2) is 110 Å². The first-order chi connectivity index (χ1) is 25.1. The van der Waals surface area contributed by atoms with Crippen molar-refractivity contribution in [2.24, 2.45) is 0 Å². The Morgan fingerprint density at radius 3 is 1.00 bits per heavy atom. The highest BCUT2D eigenvalue weighted by molar-refractivity contribution is 5.67. The van der Waals surface area contributed by atoms with Gasteiger partial charge in [-0.15, -0.1) is 0 Å². The van der Waals surface area contributed by atoms with Gasteiger partial charge in [-0.05, 0) is 124 Å². The molecule has 0 bridgehead atoms. The molecule has 6 aromatic rings. The van der Waals surface area contributed by atoms with Crippen LogP contribution in [0.4, 0.5) is 17.1 Å². The van der Waals surface area contributed by atoms with Gasteiger partial charge in [0.15, 0.2) is 0 Å². The zero-order chi connectivity index (χ0) is 35.0. The zero-order valence-electron chi connectivity index (χ0n) is 29.2. The molecule has 0 amide bonds. The van der Waals surface area contributed by atoms with E-state index in [0.717, 1.165) is 70.3 Å². The number of rotatable bonds is 12. The molecule has 0 saturated carbocycles. The van der Waals surface area contributed by atoms with Crippen LogP contribution in [-0.2, 0) is 38.9 Å². The molecule has 0 fully saturated rings. The van der Waals surface area contributed by atoms with Crippen molar-refractivity contribution in [3.63, 3.8) is 0 Å². The molecule has 3 aromatic carbocycles. The Balaban J connectivity index is 1.31. The lowest BCUT2D eigenvalue weighted by Crippen LogP contribution is -2.06. The fraction of sp³-hybridized carbons (Fsp3) is 0.214. The third-order valence-corrected chi connectivity index (χ3v) is 9.33. The van der Waals surface area contributed by atoms with Crippen LogP contribution in [-0.4, -0.2) is 36.3 Å². The molecular weight excluding hydrogens is 637 g/mol. The van der Waals surface area contributed by atoms with Gasteiger partial charge in [-0.3, -0.25) is 15.0 Å². The lowest BCUT2D eigenvalue weighted by molar-refractivity contribution is 0.415. The lowest BCUT2D eigenvalue weighted by Gasteiger charge is -2.19. The highest BCUT2D eigenvalue weighted by atomic mass is 16.5. The van der Waals surface area contributed by atoms with Crippen molar-refractivity contribution < 1.29 is 14.2 Å². The molecule has 1 aliphatic rings. The van der Waals surface area contributed by atoms with Crippen LogP contribution in [0.1, 0.15) is 50.1 Å². The molecular formula is C42H42N6O3. The second-order valence-electron chi connectivity index (χ2n) is 12.6. The predicted octanol–water partition coefficient (Wildman–Crippen LogP) is 7.82. The van der Waals surface area contributed by atoms with Crippen molar-refractivity contribution in [2.75, 3.05) is 37.3 Å². The molecule has 3 aromatic heterocycles. The average molecular weight is 679 g/mol. The molecule has 51 heavy (non-hydrogen) atoms. The van der Waals surface area contributed by atoms with Crippen molar-refractivity contribution in [3.05, 3.63) is 160 Å². The Morgan fingerprint density at radius 1 is 0.451 bits per heavy atom. The molecule has 0 aliphatic heterocycles. The summed E-state index contributed by atoms with van der Waals surface area (Å²) in [6.45, 7) is 1.90. The van der Waals surface area contributed by atoms with Crippen molar-refractivity contribution >= 4 is 17.1 Å². The van der Waals surface area contributed by atoms with E-state index >= 15 is 0 Å². The standard InChI is InChI=1S/C42H42N6O3/c1-49-40-19-34-13-32-17-38(47-26-29-8-5-11-44-23-29)42(51-3)21-36(32)15-33-18-39(48-27-30-9-6-12-45-24-30)41(50-2)20-35(33)14-31(34)16-37(40)46-25-28-7-4-10-43-22-28/h4-12,16-24,46-48H,13-15,25-27H2,1-3H3. The molecule has 0 unspecified atom stereocenters. The van der Waals surface area contributed by atoms with E-state index in [1.165, 1.54) is 33.4 Å². The third-order valence-electron chi connectivity index (χ3n) is 9.33. The molecule has 7 rings (SSSR count). The number of benzene rings is 3. The number of aromatic nitrogens is 3. The largest absolute Gasteiger partial charge is 0.495 e. The number of hydrogen-bond acceptors (Lipinski definition) is 9. The second kappa shape index (κ2) is 15.6. The van der Waals surface area contributed by atoms with E-state index in [9.17, 15) is 0 Å². The minimum absolute atomic E-state index is 0.633. The van der Waals surface area contributed by atoms with Crippen LogP contribution >= 0.6 is 0 Å². The maximum atomic E-state index is 5.97. The molecule has 0 saturated heterocycles. The summed E-state index contributed by atoms with van der Waals surface area (Å²) in [7, 11) is 5.18. The second-order valence-corrected chi connectivity index (χ2v) is 12.6. The first-order valence-electron chi connectivity index (χ1n) is 17.1. The average Bonchev–Trinajstić information content (AvgIpc) is 3.24. The smallest absolute Gasteiger partial charge is 0.142 e. The number of anilines is 3. The molecule has 0 radical (unpaired) electrons. The van der Waals surface area contributed by atoms with Crippen LogP contribution in [0.25, 0.3) is 0 Å². The third kappa shape index (κ3) is 7.88. The molecule has 258 valence electrons. The summed E-state index contributed by atoms with van der Waals surface area (Å²) < 4.78 is 17.9. The molecule has 1 aliphatic carbocycles. The topological polar surface area (TPSA) is 102 Å². The van der Waals surface area contributed by atoms with E-state index in [1.54, 1.807) is 39.9 Å². The zero-order valence-corrected chi connectivity index (χ0v) is 29.2. The molecule has 9 heteroatoms. The SMILES string of the molecule is COc1cc2c(cc1NCc1cccnc1)Cc1cc(OC)c(NCc3cccnc3)cc1Cc1cc(OC)c(NCc3cccnc3)cc1C2. The normalized spacial score (nSPS) is 11.8. The summed E-state index contributed by atoms with van der Waals surface area (Å²) in [5.41, 5.74) is 13.4. The minimum atomic E-state index is 0.633. The Labute approximate surface area is 299 Å². The highest BCUT2D eigenvalue weighted by Gasteiger charge is 2.22. The van der Waals surface area contributed by atoms with E-state index in [-0.39, 0.29) is 0 Å². The van der Waals surface area contributed by atoms with E-state index < -0.39 is 0 Å². The summed E-state index contributed by atoms with van der Waals surface area (Å²) in [4.78, 5) is 12.9. The monoisotopic (exact) mass is 678 g/mol. The number of pyridine rings is 3. The van der Waals surface area contributed by atoms with Crippen molar-refractivity contribution in [3.8, 4) is 17.2 Å².